The van der Waals surface area contributed by atoms with Crippen molar-refractivity contribution in [1.82, 2.24) is 5.32 Å². The highest BCUT2D eigenvalue weighted by Gasteiger charge is 2.18. The number of nitrogens with one attached hydrogen (secondary N) is 2. The van der Waals surface area contributed by atoms with E-state index < -0.39 is 0 Å². The zero-order valence-electron chi connectivity index (χ0n) is 14.2. The van der Waals surface area contributed by atoms with Gasteiger partial charge in [-0.25, -0.2) is 0 Å². The molecule has 2 heterocycles. The summed E-state index contributed by atoms with van der Waals surface area (Å²) >= 11 is 0. The molecule has 26 heavy (non-hydrogen) atoms. The second-order valence-electron chi connectivity index (χ2n) is 6.39. The first kappa shape index (κ1) is 16.2. The first-order chi connectivity index (χ1) is 12.7. The van der Waals surface area contributed by atoms with E-state index in [0.717, 1.165) is 42.0 Å². The van der Waals surface area contributed by atoms with Crippen LogP contribution in [0.25, 0.3) is 5.57 Å². The molecule has 5 heteroatoms. The normalized spacial score (nSPS) is 16.5. The minimum atomic E-state index is -0.0960. The summed E-state index contributed by atoms with van der Waals surface area (Å²) in [5.74, 6) is -0.0960. The smallest absolute Gasteiger partial charge is 0.230 e. The van der Waals surface area contributed by atoms with Crippen molar-refractivity contribution >= 4 is 28.6 Å². The van der Waals surface area contributed by atoms with Crippen molar-refractivity contribution < 1.29 is 4.79 Å². The summed E-state index contributed by atoms with van der Waals surface area (Å²) in [5.41, 5.74) is 5.92. The van der Waals surface area contributed by atoms with Crippen LogP contribution in [-0.4, -0.2) is 24.7 Å². The lowest BCUT2D eigenvalue weighted by Crippen LogP contribution is -2.20. The molecule has 0 spiro atoms. The number of hydrogen-bond acceptors (Lipinski definition) is 4. The zero-order valence-corrected chi connectivity index (χ0v) is 14.2. The molecule has 0 bridgehead atoms. The van der Waals surface area contributed by atoms with Gasteiger partial charge in [-0.2, -0.15) is 5.26 Å². The van der Waals surface area contributed by atoms with Gasteiger partial charge in [-0.15, -0.1) is 0 Å². The first-order valence-corrected chi connectivity index (χ1v) is 8.65. The van der Waals surface area contributed by atoms with E-state index in [4.69, 9.17) is 10.3 Å². The maximum Gasteiger partial charge on any atom is 0.230 e. The minimum Gasteiger partial charge on any atom is -0.324 e. The second kappa shape index (κ2) is 6.95. The molecule has 0 saturated heterocycles. The van der Waals surface area contributed by atoms with Crippen LogP contribution in [0.5, 0.6) is 0 Å². The Morgan fingerprint density at radius 2 is 2.04 bits per heavy atom. The molecule has 0 atom stereocenters. The minimum absolute atomic E-state index is 0.0960. The SMILES string of the molecule is N#Cc1cccc(C2=Nc3ccc(C4=CCNCC4)cc3NC(=O)C2)c1. The third-order valence-corrected chi connectivity index (χ3v) is 4.61. The molecule has 2 aromatic rings. The first-order valence-electron chi connectivity index (χ1n) is 8.65. The monoisotopic (exact) mass is 342 g/mol. The molecule has 5 nitrogen and oxygen atoms in total. The van der Waals surface area contributed by atoms with Crippen LogP contribution in [0.1, 0.15) is 29.5 Å². The third-order valence-electron chi connectivity index (χ3n) is 4.61. The number of amides is 1. The van der Waals surface area contributed by atoms with Gasteiger partial charge < -0.3 is 10.6 Å². The Hall–Kier alpha value is -3.23. The van der Waals surface area contributed by atoms with Crippen molar-refractivity contribution in [2.75, 3.05) is 18.4 Å². The van der Waals surface area contributed by atoms with Crippen LogP contribution < -0.4 is 10.6 Å². The standard InChI is InChI=1S/C21H18N4O/c22-13-14-2-1-3-17(10-14)19-12-21(26)25-20-11-16(4-5-18(20)24-19)15-6-8-23-9-7-15/h1-6,10-11,23H,7-9,12H2,(H,25,26). The van der Waals surface area contributed by atoms with Crippen LogP contribution in [0.2, 0.25) is 0 Å². The van der Waals surface area contributed by atoms with Gasteiger partial charge in [0.1, 0.15) is 0 Å². The summed E-state index contributed by atoms with van der Waals surface area (Å²) in [7, 11) is 0. The zero-order chi connectivity index (χ0) is 17.9. The van der Waals surface area contributed by atoms with E-state index >= 15 is 0 Å². The van der Waals surface area contributed by atoms with Crippen molar-refractivity contribution in [2.45, 2.75) is 12.8 Å². The van der Waals surface area contributed by atoms with Gasteiger partial charge in [0.15, 0.2) is 0 Å². The van der Waals surface area contributed by atoms with Crippen LogP contribution >= 0.6 is 0 Å². The summed E-state index contributed by atoms with van der Waals surface area (Å²) in [4.78, 5) is 17.1. The molecular weight excluding hydrogens is 324 g/mol. The average Bonchev–Trinajstić information content (AvgIpc) is 2.86. The summed E-state index contributed by atoms with van der Waals surface area (Å²) in [6.45, 7) is 1.84. The number of aliphatic imine (C=N–C) groups is 1. The fourth-order valence-corrected chi connectivity index (χ4v) is 3.28. The predicted octanol–water partition coefficient (Wildman–Crippen LogP) is 3.40. The number of carbonyl (C=O) groups excluding carboxylic acids is 1. The highest BCUT2D eigenvalue weighted by atomic mass is 16.1. The Balaban J connectivity index is 1.74. The average molecular weight is 342 g/mol. The molecule has 0 aliphatic carbocycles. The van der Waals surface area contributed by atoms with E-state index in [1.54, 1.807) is 12.1 Å². The maximum atomic E-state index is 12.4. The van der Waals surface area contributed by atoms with Crippen molar-refractivity contribution in [3.63, 3.8) is 0 Å². The topological polar surface area (TPSA) is 77.3 Å². The number of nitriles is 1. The molecular formula is C21H18N4O. The lowest BCUT2D eigenvalue weighted by molar-refractivity contribution is -0.115. The lowest BCUT2D eigenvalue weighted by Gasteiger charge is -2.15. The number of nitrogens with zero attached hydrogens (tertiary/aromatic N) is 2. The maximum absolute atomic E-state index is 12.4. The Morgan fingerprint density at radius 1 is 1.12 bits per heavy atom. The number of rotatable bonds is 2. The molecule has 2 aliphatic rings. The number of anilines is 1. The van der Waals surface area contributed by atoms with Crippen LogP contribution in [0, 0.1) is 11.3 Å². The van der Waals surface area contributed by atoms with Crippen LogP contribution in [0.3, 0.4) is 0 Å². The van der Waals surface area contributed by atoms with E-state index in [-0.39, 0.29) is 12.3 Å². The number of benzene rings is 2. The molecule has 2 aromatic carbocycles. The Morgan fingerprint density at radius 3 is 2.85 bits per heavy atom. The van der Waals surface area contributed by atoms with Gasteiger partial charge in [-0.3, -0.25) is 9.79 Å². The van der Waals surface area contributed by atoms with E-state index in [1.165, 1.54) is 5.57 Å². The number of carbonyl (C=O) groups is 1. The van der Waals surface area contributed by atoms with Gasteiger partial charge in [0, 0.05) is 6.54 Å². The molecule has 0 aromatic heterocycles. The molecule has 2 aliphatic heterocycles. The Bertz CT molecular complexity index is 982. The van der Waals surface area contributed by atoms with E-state index in [9.17, 15) is 4.79 Å². The van der Waals surface area contributed by atoms with Crippen molar-refractivity contribution in [2.24, 2.45) is 4.99 Å². The fraction of sp³-hybridized carbons (Fsp3) is 0.190. The second-order valence-corrected chi connectivity index (χ2v) is 6.39. The third kappa shape index (κ3) is 3.28. The van der Waals surface area contributed by atoms with Crippen molar-refractivity contribution in [1.29, 1.82) is 5.26 Å². The lowest BCUT2D eigenvalue weighted by atomic mass is 9.99. The molecule has 0 saturated carbocycles. The summed E-state index contributed by atoms with van der Waals surface area (Å²) in [6, 6.07) is 15.3. The molecule has 2 N–H and O–H groups in total. The van der Waals surface area contributed by atoms with E-state index in [0.29, 0.717) is 11.3 Å². The van der Waals surface area contributed by atoms with Gasteiger partial charge in [-0.05, 0) is 53.9 Å². The largest absolute Gasteiger partial charge is 0.324 e. The summed E-state index contributed by atoms with van der Waals surface area (Å²) < 4.78 is 0. The summed E-state index contributed by atoms with van der Waals surface area (Å²) in [5, 5.41) is 15.4. The summed E-state index contributed by atoms with van der Waals surface area (Å²) in [6.07, 6.45) is 3.35. The van der Waals surface area contributed by atoms with Gasteiger partial charge in [-0.1, -0.05) is 24.3 Å². The van der Waals surface area contributed by atoms with Crippen molar-refractivity contribution in [3.8, 4) is 6.07 Å². The fourth-order valence-electron chi connectivity index (χ4n) is 3.28. The van der Waals surface area contributed by atoms with Crippen LogP contribution in [0.4, 0.5) is 11.4 Å². The molecule has 1 amide bonds. The van der Waals surface area contributed by atoms with Gasteiger partial charge in [0.05, 0.1) is 35.1 Å². The van der Waals surface area contributed by atoms with Gasteiger partial charge in [0.2, 0.25) is 5.91 Å². The van der Waals surface area contributed by atoms with E-state index in [1.807, 2.05) is 24.3 Å². The van der Waals surface area contributed by atoms with Crippen LogP contribution in [-0.2, 0) is 4.79 Å². The highest BCUT2D eigenvalue weighted by Crippen LogP contribution is 2.33. The molecule has 0 unspecified atom stereocenters. The van der Waals surface area contributed by atoms with Crippen molar-refractivity contribution in [3.05, 3.63) is 65.2 Å². The molecule has 4 rings (SSSR count). The Labute approximate surface area is 152 Å². The van der Waals surface area contributed by atoms with E-state index in [2.05, 4.69) is 28.8 Å². The number of hydrogen-bond donors (Lipinski definition) is 2. The molecule has 0 radical (unpaired) electrons. The van der Waals surface area contributed by atoms with Gasteiger partial charge in [0.25, 0.3) is 0 Å². The van der Waals surface area contributed by atoms with Crippen LogP contribution in [0.15, 0.2) is 53.5 Å². The molecule has 0 fully saturated rings. The van der Waals surface area contributed by atoms with Gasteiger partial charge >= 0.3 is 0 Å². The predicted molar refractivity (Wildman–Crippen MR) is 103 cm³/mol. The highest BCUT2D eigenvalue weighted by molar-refractivity contribution is 6.17. The quantitative estimate of drug-likeness (QED) is 0.878. The Kier molecular flexibility index (Phi) is 4.34. The molecule has 128 valence electrons. The number of fused-ring (bicyclic) bond motifs is 1.